The molecule has 1 atom stereocenters. The average molecular weight is 497 g/mol. The van der Waals surface area contributed by atoms with Crippen molar-refractivity contribution in [3.05, 3.63) is 69.6 Å². The van der Waals surface area contributed by atoms with Crippen LogP contribution in [0.1, 0.15) is 30.4 Å². The highest BCUT2D eigenvalue weighted by Crippen LogP contribution is 2.43. The summed E-state index contributed by atoms with van der Waals surface area (Å²) in [5, 5.41) is 21.3. The number of hydrogen-bond donors (Lipinski definition) is 2. The van der Waals surface area contributed by atoms with Gasteiger partial charge in [-0.15, -0.1) is 0 Å². The number of aryl methyl sites for hydroxylation is 1. The van der Waals surface area contributed by atoms with E-state index in [2.05, 4.69) is 15.5 Å². The highest BCUT2D eigenvalue weighted by molar-refractivity contribution is 6.33. The molecule has 7 nitrogen and oxygen atoms in total. The Kier molecular flexibility index (Phi) is 7.00. The second kappa shape index (κ2) is 10.2. The Bertz CT molecular complexity index is 1220. The molecule has 0 aliphatic carbocycles. The van der Waals surface area contributed by atoms with Gasteiger partial charge < -0.3 is 15.4 Å². The van der Waals surface area contributed by atoms with Crippen molar-refractivity contribution >= 4 is 29.1 Å². The topological polar surface area (TPSA) is 76.1 Å². The highest BCUT2D eigenvalue weighted by Gasteiger charge is 2.37. The van der Waals surface area contributed by atoms with E-state index in [-0.39, 0.29) is 12.5 Å². The number of rotatable bonds is 6. The SMILES string of the molecule is Cc1cc(F)ccc1-c1nc(NCCN2CCCCC2)nc2c1CNC[N+]2([O-])c1ccccc1Cl. The fourth-order valence-corrected chi connectivity index (χ4v) is 5.27. The lowest BCUT2D eigenvalue weighted by atomic mass is 10.00. The number of benzene rings is 2. The Morgan fingerprint density at radius 2 is 1.94 bits per heavy atom. The van der Waals surface area contributed by atoms with Gasteiger partial charge in [0, 0.05) is 31.3 Å². The Morgan fingerprint density at radius 1 is 1.14 bits per heavy atom. The van der Waals surface area contributed by atoms with Crippen molar-refractivity contribution in [2.45, 2.75) is 32.7 Å². The van der Waals surface area contributed by atoms with Gasteiger partial charge in [-0.1, -0.05) is 30.2 Å². The zero-order valence-corrected chi connectivity index (χ0v) is 20.6. The number of nitrogens with zero attached hydrogens (tertiary/aromatic N) is 4. The number of fused-ring (bicyclic) bond motifs is 1. The highest BCUT2D eigenvalue weighted by atomic mass is 35.5. The van der Waals surface area contributed by atoms with Crippen molar-refractivity contribution in [2.24, 2.45) is 0 Å². The van der Waals surface area contributed by atoms with Crippen LogP contribution < -0.4 is 15.3 Å². The molecule has 3 aromatic rings. The molecule has 1 aromatic heterocycles. The number of hydrogen-bond acceptors (Lipinski definition) is 6. The zero-order valence-electron chi connectivity index (χ0n) is 19.9. The lowest BCUT2D eigenvalue weighted by Gasteiger charge is -2.44. The van der Waals surface area contributed by atoms with E-state index in [9.17, 15) is 9.60 Å². The molecule has 184 valence electrons. The molecule has 0 spiro atoms. The lowest BCUT2D eigenvalue weighted by Crippen LogP contribution is -2.50. The van der Waals surface area contributed by atoms with Crippen LogP contribution in [0, 0.1) is 17.9 Å². The van der Waals surface area contributed by atoms with Gasteiger partial charge in [0.1, 0.15) is 17.5 Å². The van der Waals surface area contributed by atoms with Crippen LogP contribution in [0.5, 0.6) is 0 Å². The van der Waals surface area contributed by atoms with Crippen LogP contribution in [0.4, 0.5) is 21.8 Å². The number of halogens is 2. The maximum absolute atomic E-state index is 14.4. The van der Waals surface area contributed by atoms with Crippen molar-refractivity contribution in [2.75, 3.05) is 38.2 Å². The Morgan fingerprint density at radius 3 is 2.71 bits per heavy atom. The number of piperidine rings is 1. The molecule has 0 radical (unpaired) electrons. The molecule has 5 rings (SSSR count). The van der Waals surface area contributed by atoms with Crippen LogP contribution in [0.2, 0.25) is 5.02 Å². The standard InChI is InChI=1S/C26H30ClFN6O/c1-18-15-19(28)9-10-20(18)24-21-16-29-17-34(35,23-8-4-3-7-22(23)27)25(21)32-26(31-24)30-11-14-33-12-5-2-6-13-33/h3-4,7-10,15,29H,2,5-6,11-14,16-17H2,1H3,(H,30,31,32). The molecule has 0 bridgehead atoms. The molecular formula is C26H30ClFN6O. The fraction of sp³-hybridized carbons (Fsp3) is 0.385. The van der Waals surface area contributed by atoms with Crippen molar-refractivity contribution < 1.29 is 4.39 Å². The van der Waals surface area contributed by atoms with Crippen molar-refractivity contribution in [3.63, 3.8) is 0 Å². The summed E-state index contributed by atoms with van der Waals surface area (Å²) in [5.74, 6) is 0.440. The molecule has 3 heterocycles. The van der Waals surface area contributed by atoms with Gasteiger partial charge in [0.25, 0.3) is 0 Å². The molecule has 0 saturated carbocycles. The molecule has 2 aromatic carbocycles. The van der Waals surface area contributed by atoms with E-state index in [0.717, 1.165) is 30.8 Å². The molecule has 2 aliphatic heterocycles. The van der Waals surface area contributed by atoms with Crippen LogP contribution >= 0.6 is 11.6 Å². The first-order valence-corrected chi connectivity index (χ1v) is 12.5. The van der Waals surface area contributed by atoms with Crippen LogP contribution in [0.3, 0.4) is 0 Å². The van der Waals surface area contributed by atoms with E-state index in [0.29, 0.717) is 46.8 Å². The third kappa shape index (κ3) is 4.90. The second-order valence-corrected chi connectivity index (χ2v) is 9.67. The minimum atomic E-state index is -0.842. The minimum Gasteiger partial charge on any atom is -0.620 e. The van der Waals surface area contributed by atoms with Crippen LogP contribution in [0.15, 0.2) is 42.5 Å². The molecule has 35 heavy (non-hydrogen) atoms. The first kappa shape index (κ1) is 24.1. The summed E-state index contributed by atoms with van der Waals surface area (Å²) in [7, 11) is 0. The monoisotopic (exact) mass is 496 g/mol. The molecule has 1 saturated heterocycles. The summed E-state index contributed by atoms with van der Waals surface area (Å²) >= 11 is 6.47. The molecule has 0 amide bonds. The Hall–Kier alpha value is -2.62. The van der Waals surface area contributed by atoms with Gasteiger partial charge >= 0.3 is 0 Å². The Labute approximate surface area is 210 Å². The maximum Gasteiger partial charge on any atom is 0.243 e. The fourth-order valence-electron chi connectivity index (χ4n) is 4.99. The summed E-state index contributed by atoms with van der Waals surface area (Å²) < 4.78 is 13.0. The number of aromatic nitrogens is 2. The van der Waals surface area contributed by atoms with Gasteiger partial charge in [-0.3, -0.25) is 9.96 Å². The molecule has 2 N–H and O–H groups in total. The third-order valence-corrected chi connectivity index (χ3v) is 7.13. The van der Waals surface area contributed by atoms with Gasteiger partial charge in [-0.25, -0.2) is 9.37 Å². The van der Waals surface area contributed by atoms with Gasteiger partial charge in [0.05, 0.1) is 11.3 Å². The molecule has 2 aliphatic rings. The van der Waals surface area contributed by atoms with Gasteiger partial charge in [0.15, 0.2) is 5.69 Å². The molecule has 9 heteroatoms. The predicted molar refractivity (Wildman–Crippen MR) is 139 cm³/mol. The van der Waals surface area contributed by atoms with Crippen molar-refractivity contribution in [1.29, 1.82) is 0 Å². The van der Waals surface area contributed by atoms with E-state index in [1.807, 2.05) is 6.92 Å². The predicted octanol–water partition coefficient (Wildman–Crippen LogP) is 5.34. The number of anilines is 1. The number of quaternary nitrogens is 1. The lowest BCUT2D eigenvalue weighted by molar-refractivity contribution is 0.237. The maximum atomic E-state index is 14.4. The zero-order chi connectivity index (χ0) is 24.4. The van der Waals surface area contributed by atoms with Gasteiger partial charge in [-0.2, -0.15) is 4.98 Å². The smallest absolute Gasteiger partial charge is 0.243 e. The van der Waals surface area contributed by atoms with E-state index in [4.69, 9.17) is 21.6 Å². The van der Waals surface area contributed by atoms with Crippen LogP contribution in [-0.2, 0) is 6.54 Å². The van der Waals surface area contributed by atoms with Crippen molar-refractivity contribution in [3.8, 4) is 11.3 Å². The number of nitrogens with one attached hydrogen (secondary N) is 2. The third-order valence-electron chi connectivity index (χ3n) is 6.81. The van der Waals surface area contributed by atoms with E-state index in [1.165, 1.54) is 31.4 Å². The van der Waals surface area contributed by atoms with E-state index in [1.54, 1.807) is 30.3 Å². The summed E-state index contributed by atoms with van der Waals surface area (Å²) in [6, 6.07) is 11.7. The molecule has 1 fully saturated rings. The first-order chi connectivity index (χ1) is 17.0. The van der Waals surface area contributed by atoms with Crippen molar-refractivity contribution in [1.82, 2.24) is 24.8 Å². The summed E-state index contributed by atoms with van der Waals surface area (Å²) in [5.41, 5.74) is 3.27. The average Bonchev–Trinajstić information content (AvgIpc) is 2.85. The quantitative estimate of drug-likeness (QED) is 0.354. The second-order valence-electron chi connectivity index (χ2n) is 9.26. The van der Waals surface area contributed by atoms with E-state index < -0.39 is 4.65 Å². The number of hydroxylamine groups is 1. The number of likely N-dealkylation sites (tertiary alicyclic amines) is 1. The van der Waals surface area contributed by atoms with Gasteiger partial charge in [-0.05, 0) is 62.7 Å². The normalized spacial score (nSPS) is 20.5. The van der Waals surface area contributed by atoms with E-state index >= 15 is 0 Å². The largest absolute Gasteiger partial charge is 0.620 e. The minimum absolute atomic E-state index is 0.100. The van der Waals surface area contributed by atoms with Crippen LogP contribution in [-0.4, -0.2) is 47.7 Å². The first-order valence-electron chi connectivity index (χ1n) is 12.1. The summed E-state index contributed by atoms with van der Waals surface area (Å²) in [4.78, 5) is 12.0. The summed E-state index contributed by atoms with van der Waals surface area (Å²) in [6.45, 7) is 6.14. The molecule has 1 unspecified atom stereocenters. The summed E-state index contributed by atoms with van der Waals surface area (Å²) in [6.07, 6.45) is 3.74. The Balaban J connectivity index is 1.57. The van der Waals surface area contributed by atoms with Crippen LogP contribution in [0.25, 0.3) is 11.3 Å². The molecular weight excluding hydrogens is 467 g/mol. The number of para-hydroxylation sites is 1. The van der Waals surface area contributed by atoms with Gasteiger partial charge in [0.2, 0.25) is 11.8 Å².